The Bertz CT molecular complexity index is 782. The molecule has 1 amide bonds. The summed E-state index contributed by atoms with van der Waals surface area (Å²) in [4.78, 5) is 21.7. The summed E-state index contributed by atoms with van der Waals surface area (Å²) >= 11 is 3.32. The third kappa shape index (κ3) is 4.43. The van der Waals surface area contributed by atoms with Crippen LogP contribution < -0.4 is 5.73 Å². The zero-order chi connectivity index (χ0) is 17.7. The van der Waals surface area contributed by atoms with E-state index in [4.69, 9.17) is 15.3 Å². The molecule has 0 spiro atoms. The number of oxime groups is 1. The number of halogens is 1. The van der Waals surface area contributed by atoms with Crippen molar-refractivity contribution in [1.82, 2.24) is 4.98 Å². The molecule has 2 heterocycles. The molecule has 130 valence electrons. The maximum atomic E-state index is 12.0. The molecule has 7 heteroatoms. The van der Waals surface area contributed by atoms with Gasteiger partial charge in [0.1, 0.15) is 4.60 Å². The van der Waals surface area contributed by atoms with E-state index in [2.05, 4.69) is 26.1 Å². The summed E-state index contributed by atoms with van der Waals surface area (Å²) in [6, 6.07) is 15.2. The molecule has 1 aromatic carbocycles. The number of hydrogen-bond donors (Lipinski definition) is 1. The highest BCUT2D eigenvalue weighted by molar-refractivity contribution is 9.10. The lowest BCUT2D eigenvalue weighted by molar-refractivity contribution is -0.140. The number of nitrogens with two attached hydrogens (primary N) is 1. The first-order valence-electron chi connectivity index (χ1n) is 7.84. The molecule has 0 aliphatic carbocycles. The Kier molecular flexibility index (Phi) is 5.45. The van der Waals surface area contributed by atoms with Gasteiger partial charge in [0, 0.05) is 12.8 Å². The van der Waals surface area contributed by atoms with Crippen LogP contribution in [0.4, 0.5) is 0 Å². The predicted octanol–water partition coefficient (Wildman–Crippen LogP) is 2.60. The van der Waals surface area contributed by atoms with E-state index in [-0.39, 0.29) is 6.61 Å². The SMILES string of the molecule is NC(=O)C1(Cc2ccccc2)CC(COCc2cccc(Br)n2)=NO1. The van der Waals surface area contributed by atoms with E-state index >= 15 is 0 Å². The molecule has 2 aromatic rings. The Morgan fingerprint density at radius 3 is 2.72 bits per heavy atom. The molecule has 0 fully saturated rings. The molecular weight excluding hydrogens is 386 g/mol. The zero-order valence-electron chi connectivity index (χ0n) is 13.5. The lowest BCUT2D eigenvalue weighted by atomic mass is 9.89. The lowest BCUT2D eigenvalue weighted by Crippen LogP contribution is -2.46. The summed E-state index contributed by atoms with van der Waals surface area (Å²) < 4.78 is 6.39. The molecule has 0 radical (unpaired) electrons. The van der Waals surface area contributed by atoms with E-state index in [1.165, 1.54) is 0 Å². The quantitative estimate of drug-likeness (QED) is 0.719. The largest absolute Gasteiger partial charge is 0.378 e. The summed E-state index contributed by atoms with van der Waals surface area (Å²) in [6.07, 6.45) is 0.701. The fourth-order valence-corrected chi connectivity index (χ4v) is 3.05. The Morgan fingerprint density at radius 2 is 2.00 bits per heavy atom. The third-order valence-corrected chi connectivity index (χ3v) is 4.35. The van der Waals surface area contributed by atoms with Crippen LogP contribution in [-0.2, 0) is 27.4 Å². The van der Waals surface area contributed by atoms with Crippen molar-refractivity contribution in [2.24, 2.45) is 10.9 Å². The van der Waals surface area contributed by atoms with Gasteiger partial charge in [0.05, 0.1) is 24.6 Å². The van der Waals surface area contributed by atoms with Crippen LogP contribution in [-0.4, -0.2) is 28.8 Å². The second kappa shape index (κ2) is 7.76. The smallest absolute Gasteiger partial charge is 0.265 e. The van der Waals surface area contributed by atoms with Crippen LogP contribution >= 0.6 is 15.9 Å². The lowest BCUT2D eigenvalue weighted by Gasteiger charge is -2.22. The predicted molar refractivity (Wildman–Crippen MR) is 96.8 cm³/mol. The zero-order valence-corrected chi connectivity index (χ0v) is 15.1. The molecule has 0 saturated carbocycles. The van der Waals surface area contributed by atoms with E-state index in [1.54, 1.807) is 0 Å². The molecule has 6 nitrogen and oxygen atoms in total. The standard InChI is InChI=1S/C18H18BrN3O3/c19-16-8-4-7-14(21-16)11-24-12-15-10-18(17(20)23,25-22-15)9-13-5-2-1-3-6-13/h1-8H,9-12H2,(H2,20,23). The minimum Gasteiger partial charge on any atom is -0.378 e. The van der Waals surface area contributed by atoms with Crippen LogP contribution in [0.1, 0.15) is 17.7 Å². The molecule has 1 aliphatic heterocycles. The van der Waals surface area contributed by atoms with Gasteiger partial charge in [0.15, 0.2) is 0 Å². The van der Waals surface area contributed by atoms with Crippen molar-refractivity contribution >= 4 is 27.5 Å². The van der Waals surface area contributed by atoms with Gasteiger partial charge in [-0.25, -0.2) is 4.98 Å². The van der Waals surface area contributed by atoms with Crippen LogP contribution in [0, 0.1) is 0 Å². The fraction of sp³-hybridized carbons (Fsp3) is 0.278. The van der Waals surface area contributed by atoms with Gasteiger partial charge in [-0.05, 0) is 33.6 Å². The van der Waals surface area contributed by atoms with Crippen molar-refractivity contribution in [3.8, 4) is 0 Å². The van der Waals surface area contributed by atoms with Gasteiger partial charge in [-0.3, -0.25) is 4.79 Å². The number of carbonyl (C=O) groups excluding carboxylic acids is 1. The number of ether oxygens (including phenoxy) is 1. The first-order chi connectivity index (χ1) is 12.1. The van der Waals surface area contributed by atoms with E-state index < -0.39 is 11.5 Å². The Balaban J connectivity index is 1.57. The molecule has 1 atom stereocenters. The van der Waals surface area contributed by atoms with E-state index in [0.29, 0.717) is 25.2 Å². The Morgan fingerprint density at radius 1 is 1.20 bits per heavy atom. The molecule has 1 aromatic heterocycles. The molecule has 1 aliphatic rings. The summed E-state index contributed by atoms with van der Waals surface area (Å²) in [5.41, 5.74) is 6.87. The van der Waals surface area contributed by atoms with Crippen molar-refractivity contribution in [3.05, 3.63) is 64.4 Å². The van der Waals surface area contributed by atoms with Crippen LogP contribution in [0.3, 0.4) is 0 Å². The minimum atomic E-state index is -1.14. The molecule has 3 rings (SSSR count). The Hall–Kier alpha value is -2.25. The number of primary amides is 1. The first kappa shape index (κ1) is 17.6. The highest BCUT2D eigenvalue weighted by Gasteiger charge is 2.45. The van der Waals surface area contributed by atoms with E-state index in [9.17, 15) is 4.79 Å². The Labute approximate surface area is 154 Å². The van der Waals surface area contributed by atoms with Crippen molar-refractivity contribution in [2.45, 2.75) is 25.0 Å². The number of nitrogens with zero attached hydrogens (tertiary/aromatic N) is 2. The average Bonchev–Trinajstić information content (AvgIpc) is 3.00. The third-order valence-electron chi connectivity index (χ3n) is 3.91. The van der Waals surface area contributed by atoms with Crippen molar-refractivity contribution < 1.29 is 14.4 Å². The van der Waals surface area contributed by atoms with E-state index in [1.807, 2.05) is 48.5 Å². The number of carbonyl (C=O) groups is 1. The van der Waals surface area contributed by atoms with Crippen molar-refractivity contribution in [3.63, 3.8) is 0 Å². The molecular formula is C18H18BrN3O3. The highest BCUT2D eigenvalue weighted by atomic mass is 79.9. The van der Waals surface area contributed by atoms with E-state index in [0.717, 1.165) is 15.9 Å². The van der Waals surface area contributed by atoms with Gasteiger partial charge in [-0.1, -0.05) is 41.6 Å². The van der Waals surface area contributed by atoms with Gasteiger partial charge in [-0.15, -0.1) is 0 Å². The molecule has 25 heavy (non-hydrogen) atoms. The topological polar surface area (TPSA) is 86.8 Å². The summed E-state index contributed by atoms with van der Waals surface area (Å²) in [5, 5.41) is 4.02. The van der Waals surface area contributed by atoms with Gasteiger partial charge in [0.2, 0.25) is 5.60 Å². The van der Waals surface area contributed by atoms with Crippen LogP contribution in [0.5, 0.6) is 0 Å². The fourth-order valence-electron chi connectivity index (χ4n) is 2.67. The van der Waals surface area contributed by atoms with Gasteiger partial charge < -0.3 is 15.3 Å². The molecule has 2 N–H and O–H groups in total. The second-order valence-corrected chi connectivity index (χ2v) is 6.70. The number of benzene rings is 1. The number of amides is 1. The average molecular weight is 404 g/mol. The normalized spacial score (nSPS) is 19.3. The molecule has 0 bridgehead atoms. The number of hydrogen-bond acceptors (Lipinski definition) is 5. The molecule has 1 unspecified atom stereocenters. The van der Waals surface area contributed by atoms with Crippen molar-refractivity contribution in [1.29, 1.82) is 0 Å². The second-order valence-electron chi connectivity index (χ2n) is 5.89. The maximum Gasteiger partial charge on any atom is 0.265 e. The minimum absolute atomic E-state index is 0.262. The van der Waals surface area contributed by atoms with Crippen LogP contribution in [0.2, 0.25) is 0 Å². The molecule has 0 saturated heterocycles. The number of pyridine rings is 1. The monoisotopic (exact) mass is 403 g/mol. The first-order valence-corrected chi connectivity index (χ1v) is 8.64. The maximum absolute atomic E-state index is 12.0. The summed E-state index contributed by atoms with van der Waals surface area (Å²) in [5.74, 6) is -0.524. The summed E-state index contributed by atoms with van der Waals surface area (Å²) in [6.45, 7) is 0.610. The number of aromatic nitrogens is 1. The summed E-state index contributed by atoms with van der Waals surface area (Å²) in [7, 11) is 0. The number of rotatable bonds is 7. The van der Waals surface area contributed by atoms with Crippen LogP contribution in [0.15, 0.2) is 58.3 Å². The van der Waals surface area contributed by atoms with Gasteiger partial charge >= 0.3 is 0 Å². The van der Waals surface area contributed by atoms with Gasteiger partial charge in [-0.2, -0.15) is 0 Å². The van der Waals surface area contributed by atoms with Crippen molar-refractivity contribution in [2.75, 3.05) is 6.61 Å². The van der Waals surface area contributed by atoms with Gasteiger partial charge in [0.25, 0.3) is 5.91 Å². The van der Waals surface area contributed by atoms with Crippen LogP contribution in [0.25, 0.3) is 0 Å². The highest BCUT2D eigenvalue weighted by Crippen LogP contribution is 2.28.